The average molecular weight is 326 g/mol. The van der Waals surface area contributed by atoms with Crippen molar-refractivity contribution >= 4 is 17.1 Å². The van der Waals surface area contributed by atoms with E-state index in [2.05, 4.69) is 96.2 Å². The van der Waals surface area contributed by atoms with Crippen LogP contribution in [0.5, 0.6) is 0 Å². The number of nitrogens with zero attached hydrogens (tertiary/aromatic N) is 2. The molecule has 0 fully saturated rings. The van der Waals surface area contributed by atoms with Crippen molar-refractivity contribution in [3.05, 3.63) is 91.0 Å². The molecule has 4 rings (SSSR count). The summed E-state index contributed by atoms with van der Waals surface area (Å²) in [6, 6.07) is 26.1. The number of rotatable bonds is 4. The molecule has 0 aromatic heterocycles. The fourth-order valence-corrected chi connectivity index (χ4v) is 3.45. The Kier molecular flexibility index (Phi) is 4.02. The molecule has 1 aliphatic heterocycles. The summed E-state index contributed by atoms with van der Waals surface area (Å²) in [6.07, 6.45) is 2.86. The van der Waals surface area contributed by atoms with E-state index in [9.17, 15) is 0 Å². The highest BCUT2D eigenvalue weighted by atomic mass is 15.4. The molecule has 0 unspecified atom stereocenters. The second-order valence-corrected chi connectivity index (χ2v) is 6.50. The van der Waals surface area contributed by atoms with E-state index >= 15 is 0 Å². The highest BCUT2D eigenvalue weighted by Crippen LogP contribution is 2.40. The van der Waals surface area contributed by atoms with Crippen molar-refractivity contribution in [1.82, 2.24) is 0 Å². The first-order valence-corrected chi connectivity index (χ1v) is 8.64. The second-order valence-electron chi connectivity index (χ2n) is 6.50. The lowest BCUT2D eigenvalue weighted by atomic mass is 10.0. The van der Waals surface area contributed by atoms with E-state index in [1.54, 1.807) is 0 Å². The minimum absolute atomic E-state index is 0.876. The molecule has 0 N–H and O–H groups in total. The van der Waals surface area contributed by atoms with Gasteiger partial charge in [0.15, 0.2) is 0 Å². The fraction of sp³-hybridized carbons (Fsp3) is 0.130. The first-order valence-electron chi connectivity index (χ1n) is 8.64. The summed E-state index contributed by atoms with van der Waals surface area (Å²) in [5.74, 6) is 0. The third-order valence-electron chi connectivity index (χ3n) is 4.76. The van der Waals surface area contributed by atoms with Crippen molar-refractivity contribution in [2.45, 2.75) is 6.42 Å². The quantitative estimate of drug-likeness (QED) is 0.574. The summed E-state index contributed by atoms with van der Waals surface area (Å²) >= 11 is 0. The Bertz CT molecular complexity index is 896. The highest BCUT2D eigenvalue weighted by Gasteiger charge is 2.23. The van der Waals surface area contributed by atoms with Crippen LogP contribution in [0.25, 0.3) is 11.1 Å². The van der Waals surface area contributed by atoms with Crippen LogP contribution in [0.3, 0.4) is 0 Å². The van der Waals surface area contributed by atoms with E-state index in [0.29, 0.717) is 0 Å². The molecule has 3 aromatic carbocycles. The molecule has 0 radical (unpaired) electrons. The Balaban J connectivity index is 1.67. The van der Waals surface area contributed by atoms with Gasteiger partial charge in [0.2, 0.25) is 0 Å². The maximum atomic E-state index is 3.81. The van der Waals surface area contributed by atoms with Crippen molar-refractivity contribution in [2.75, 3.05) is 23.5 Å². The molecule has 0 atom stereocenters. The third kappa shape index (κ3) is 2.91. The molecule has 1 heterocycles. The van der Waals surface area contributed by atoms with Gasteiger partial charge in [-0.15, -0.1) is 6.58 Å². The summed E-state index contributed by atoms with van der Waals surface area (Å²) in [6.45, 7) is 4.68. The fourth-order valence-electron chi connectivity index (χ4n) is 3.45. The summed E-state index contributed by atoms with van der Waals surface area (Å²) < 4.78 is 0. The highest BCUT2D eigenvalue weighted by molar-refractivity contribution is 5.83. The SMILES string of the molecule is C=CCc1ccc(-c2cccc(N3CN(C)c4ccccc43)c2)cc1. The van der Waals surface area contributed by atoms with Gasteiger partial charge >= 0.3 is 0 Å². The Hall–Kier alpha value is -3.00. The van der Waals surface area contributed by atoms with E-state index in [0.717, 1.165) is 13.1 Å². The van der Waals surface area contributed by atoms with Gasteiger partial charge in [-0.3, -0.25) is 0 Å². The van der Waals surface area contributed by atoms with Gasteiger partial charge in [-0.2, -0.15) is 0 Å². The largest absolute Gasteiger partial charge is 0.355 e. The molecule has 0 saturated carbocycles. The first-order chi connectivity index (χ1) is 12.3. The van der Waals surface area contributed by atoms with Gasteiger partial charge in [-0.05, 0) is 47.4 Å². The normalized spacial score (nSPS) is 13.0. The van der Waals surface area contributed by atoms with E-state index in [4.69, 9.17) is 0 Å². The molecule has 2 nitrogen and oxygen atoms in total. The lowest BCUT2D eigenvalue weighted by Crippen LogP contribution is -2.23. The van der Waals surface area contributed by atoms with Crippen molar-refractivity contribution in [2.24, 2.45) is 0 Å². The third-order valence-corrected chi connectivity index (χ3v) is 4.76. The number of anilines is 3. The lowest BCUT2D eigenvalue weighted by molar-refractivity contribution is 0.950. The van der Waals surface area contributed by atoms with E-state index < -0.39 is 0 Å². The van der Waals surface area contributed by atoms with Crippen molar-refractivity contribution < 1.29 is 0 Å². The number of para-hydroxylation sites is 2. The molecule has 0 amide bonds. The predicted octanol–water partition coefficient (Wildman–Crippen LogP) is 5.63. The van der Waals surface area contributed by atoms with Crippen LogP contribution in [-0.4, -0.2) is 13.7 Å². The van der Waals surface area contributed by atoms with Crippen molar-refractivity contribution in [1.29, 1.82) is 0 Å². The monoisotopic (exact) mass is 326 g/mol. The molecule has 25 heavy (non-hydrogen) atoms. The Morgan fingerprint density at radius 1 is 0.880 bits per heavy atom. The summed E-state index contributed by atoms with van der Waals surface area (Å²) in [7, 11) is 2.14. The van der Waals surface area contributed by atoms with Gasteiger partial charge in [-0.1, -0.05) is 54.6 Å². The molecule has 0 spiro atoms. The average Bonchev–Trinajstić information content (AvgIpc) is 3.00. The molecule has 124 valence electrons. The van der Waals surface area contributed by atoms with E-state index in [1.165, 1.54) is 33.8 Å². The van der Waals surface area contributed by atoms with Gasteiger partial charge in [0, 0.05) is 12.7 Å². The molecular formula is C23H22N2. The lowest BCUT2D eigenvalue weighted by Gasteiger charge is -2.20. The van der Waals surface area contributed by atoms with Crippen LogP contribution in [0.4, 0.5) is 17.1 Å². The van der Waals surface area contributed by atoms with Crippen LogP contribution in [0, 0.1) is 0 Å². The minimum atomic E-state index is 0.876. The predicted molar refractivity (Wildman–Crippen MR) is 108 cm³/mol. The van der Waals surface area contributed by atoms with Crippen LogP contribution in [0.1, 0.15) is 5.56 Å². The maximum absolute atomic E-state index is 3.81. The molecule has 2 heteroatoms. The number of fused-ring (bicyclic) bond motifs is 1. The number of allylic oxidation sites excluding steroid dienone is 1. The topological polar surface area (TPSA) is 6.48 Å². The van der Waals surface area contributed by atoms with E-state index in [-0.39, 0.29) is 0 Å². The standard InChI is InChI=1S/C23H22N2/c1-3-7-18-12-14-19(15-13-18)20-8-6-9-21(16-20)25-17-24(2)22-10-4-5-11-23(22)25/h3-6,8-16H,1,7,17H2,2H3. The molecule has 0 aliphatic carbocycles. The van der Waals surface area contributed by atoms with Crippen LogP contribution in [0.2, 0.25) is 0 Å². The number of hydrogen-bond acceptors (Lipinski definition) is 2. The molecule has 1 aliphatic rings. The summed E-state index contributed by atoms with van der Waals surface area (Å²) in [4.78, 5) is 4.65. The van der Waals surface area contributed by atoms with Crippen LogP contribution >= 0.6 is 0 Å². The zero-order valence-electron chi connectivity index (χ0n) is 14.5. The Morgan fingerprint density at radius 2 is 1.64 bits per heavy atom. The van der Waals surface area contributed by atoms with Crippen molar-refractivity contribution in [3.8, 4) is 11.1 Å². The molecule has 0 saturated heterocycles. The minimum Gasteiger partial charge on any atom is -0.355 e. The Morgan fingerprint density at radius 3 is 2.40 bits per heavy atom. The van der Waals surface area contributed by atoms with Gasteiger partial charge in [-0.25, -0.2) is 0 Å². The maximum Gasteiger partial charge on any atom is 0.0950 e. The van der Waals surface area contributed by atoms with Crippen LogP contribution in [-0.2, 0) is 6.42 Å². The number of benzene rings is 3. The van der Waals surface area contributed by atoms with Gasteiger partial charge in [0.1, 0.15) is 0 Å². The van der Waals surface area contributed by atoms with E-state index in [1.807, 2.05) is 6.08 Å². The Labute approximate surface area is 149 Å². The number of hydrogen-bond donors (Lipinski definition) is 0. The van der Waals surface area contributed by atoms with Crippen molar-refractivity contribution in [3.63, 3.8) is 0 Å². The van der Waals surface area contributed by atoms with Gasteiger partial charge < -0.3 is 9.80 Å². The van der Waals surface area contributed by atoms with Crippen LogP contribution < -0.4 is 9.80 Å². The smallest absolute Gasteiger partial charge is 0.0950 e. The molecule has 3 aromatic rings. The zero-order valence-corrected chi connectivity index (χ0v) is 14.5. The van der Waals surface area contributed by atoms with Gasteiger partial charge in [0.05, 0.1) is 18.0 Å². The van der Waals surface area contributed by atoms with Gasteiger partial charge in [0.25, 0.3) is 0 Å². The summed E-state index contributed by atoms with van der Waals surface area (Å²) in [5, 5.41) is 0. The first kappa shape index (κ1) is 15.5. The van der Waals surface area contributed by atoms with Crippen LogP contribution in [0.15, 0.2) is 85.5 Å². The summed E-state index contributed by atoms with van der Waals surface area (Å²) in [5.41, 5.74) is 7.56. The zero-order chi connectivity index (χ0) is 17.2. The molecular weight excluding hydrogens is 304 g/mol. The second kappa shape index (κ2) is 6.48. The molecule has 0 bridgehead atoms.